The van der Waals surface area contributed by atoms with Gasteiger partial charge in [-0.25, -0.2) is 17.6 Å². The second-order valence-electron chi connectivity index (χ2n) is 4.34. The van der Waals surface area contributed by atoms with Crippen molar-refractivity contribution in [2.24, 2.45) is 0 Å². The van der Waals surface area contributed by atoms with Gasteiger partial charge in [0.2, 0.25) is 5.78 Å². The van der Waals surface area contributed by atoms with E-state index in [4.69, 9.17) is 0 Å². The molecule has 0 spiro atoms. The smallest absolute Gasteiger partial charge is 0.206 e. The first-order chi connectivity index (χ1) is 9.97. The molecule has 2 aromatic carbocycles. The second kappa shape index (κ2) is 4.96. The molecule has 106 valence electrons. The van der Waals surface area contributed by atoms with Crippen molar-refractivity contribution in [3.05, 3.63) is 70.1 Å². The van der Waals surface area contributed by atoms with E-state index in [-0.39, 0.29) is 4.88 Å². The minimum absolute atomic E-state index is 0.125. The fourth-order valence-electron chi connectivity index (χ4n) is 1.95. The Hall–Kier alpha value is -2.21. The summed E-state index contributed by atoms with van der Waals surface area (Å²) in [5.74, 6) is -5.80. The molecule has 3 aromatic rings. The van der Waals surface area contributed by atoms with E-state index < -0.39 is 34.6 Å². The van der Waals surface area contributed by atoms with Gasteiger partial charge in [0.05, 0.1) is 10.4 Å². The van der Waals surface area contributed by atoms with Crippen LogP contribution in [-0.2, 0) is 0 Å². The Bertz CT molecular complexity index is 869. The first-order valence-electron chi connectivity index (χ1n) is 5.84. The van der Waals surface area contributed by atoms with Crippen molar-refractivity contribution in [3.63, 3.8) is 0 Å². The van der Waals surface area contributed by atoms with E-state index in [1.165, 1.54) is 24.3 Å². The molecule has 0 aliphatic carbocycles. The third kappa shape index (κ3) is 2.31. The van der Waals surface area contributed by atoms with Crippen LogP contribution < -0.4 is 0 Å². The highest BCUT2D eigenvalue weighted by Crippen LogP contribution is 2.29. The molecule has 0 saturated heterocycles. The number of halogens is 4. The van der Waals surface area contributed by atoms with Crippen molar-refractivity contribution in [1.29, 1.82) is 0 Å². The summed E-state index contributed by atoms with van der Waals surface area (Å²) in [6, 6.07) is 7.02. The average Bonchev–Trinajstić information content (AvgIpc) is 2.87. The van der Waals surface area contributed by atoms with E-state index in [0.29, 0.717) is 16.2 Å². The number of rotatable bonds is 2. The summed E-state index contributed by atoms with van der Waals surface area (Å²) in [5, 5.41) is 0.618. The average molecular weight is 310 g/mol. The molecule has 6 heteroatoms. The molecule has 0 fully saturated rings. The summed E-state index contributed by atoms with van der Waals surface area (Å²) >= 11 is 0.961. The van der Waals surface area contributed by atoms with E-state index in [0.717, 1.165) is 17.4 Å². The van der Waals surface area contributed by atoms with Crippen LogP contribution in [0, 0.1) is 23.3 Å². The van der Waals surface area contributed by atoms with Crippen LogP contribution in [0.25, 0.3) is 10.1 Å². The maximum Gasteiger partial charge on any atom is 0.206 e. The van der Waals surface area contributed by atoms with Crippen molar-refractivity contribution in [1.82, 2.24) is 0 Å². The van der Waals surface area contributed by atoms with Gasteiger partial charge in [-0.1, -0.05) is 6.07 Å². The van der Waals surface area contributed by atoms with Crippen LogP contribution in [0.15, 0.2) is 36.4 Å². The maximum atomic E-state index is 13.6. The number of carbonyl (C=O) groups excluding carboxylic acids is 1. The molecular weight excluding hydrogens is 304 g/mol. The minimum atomic E-state index is -1.69. The summed E-state index contributed by atoms with van der Waals surface area (Å²) in [6.45, 7) is 0. The van der Waals surface area contributed by atoms with Gasteiger partial charge in [0, 0.05) is 4.70 Å². The summed E-state index contributed by atoms with van der Waals surface area (Å²) in [6.07, 6.45) is 0. The van der Waals surface area contributed by atoms with Crippen LogP contribution >= 0.6 is 11.3 Å². The Morgan fingerprint density at radius 2 is 1.67 bits per heavy atom. The zero-order valence-electron chi connectivity index (χ0n) is 10.3. The number of carbonyl (C=O) groups is 1. The molecule has 1 heterocycles. The fourth-order valence-corrected chi connectivity index (χ4v) is 2.99. The summed E-state index contributed by atoms with van der Waals surface area (Å²) in [5.41, 5.74) is -0.555. The molecule has 0 aliphatic rings. The fraction of sp³-hybridized carbons (Fsp3) is 0. The van der Waals surface area contributed by atoms with Crippen LogP contribution in [0.1, 0.15) is 15.2 Å². The van der Waals surface area contributed by atoms with Gasteiger partial charge >= 0.3 is 0 Å². The standard InChI is InChI=1S/C15H6F4OS/c16-8-2-1-7-5-12(21-11(7)6-8)15(20)9-3-4-10(17)14(19)13(9)18/h1-6H. The van der Waals surface area contributed by atoms with Crippen molar-refractivity contribution in [2.45, 2.75) is 0 Å². The first-order valence-corrected chi connectivity index (χ1v) is 6.66. The minimum Gasteiger partial charge on any atom is -0.288 e. The number of ketones is 1. The number of benzene rings is 2. The third-order valence-corrected chi connectivity index (χ3v) is 4.08. The largest absolute Gasteiger partial charge is 0.288 e. The van der Waals surface area contributed by atoms with Crippen LogP contribution in [0.4, 0.5) is 17.6 Å². The summed E-state index contributed by atoms with van der Waals surface area (Å²) in [7, 11) is 0. The van der Waals surface area contributed by atoms with Gasteiger partial charge in [0.15, 0.2) is 17.5 Å². The van der Waals surface area contributed by atoms with Crippen molar-refractivity contribution in [3.8, 4) is 0 Å². The molecule has 0 atom stereocenters. The lowest BCUT2D eigenvalue weighted by Gasteiger charge is -2.02. The first kappa shape index (κ1) is 13.8. The van der Waals surface area contributed by atoms with E-state index in [2.05, 4.69) is 0 Å². The van der Waals surface area contributed by atoms with Crippen LogP contribution in [0.5, 0.6) is 0 Å². The Morgan fingerprint density at radius 3 is 2.43 bits per heavy atom. The summed E-state index contributed by atoms with van der Waals surface area (Å²) in [4.78, 5) is 12.3. The monoisotopic (exact) mass is 310 g/mol. The second-order valence-corrected chi connectivity index (χ2v) is 5.43. The van der Waals surface area contributed by atoms with Crippen molar-refractivity contribution in [2.75, 3.05) is 0 Å². The van der Waals surface area contributed by atoms with Gasteiger partial charge < -0.3 is 0 Å². The molecule has 0 bridgehead atoms. The lowest BCUT2D eigenvalue weighted by atomic mass is 10.1. The van der Waals surface area contributed by atoms with Gasteiger partial charge in [-0.3, -0.25) is 4.79 Å². The maximum absolute atomic E-state index is 13.6. The van der Waals surface area contributed by atoms with Gasteiger partial charge in [-0.05, 0) is 35.7 Å². The van der Waals surface area contributed by atoms with E-state index in [9.17, 15) is 22.4 Å². The predicted octanol–water partition coefficient (Wildman–Crippen LogP) is 4.69. The van der Waals surface area contributed by atoms with Gasteiger partial charge in [-0.2, -0.15) is 0 Å². The quantitative estimate of drug-likeness (QED) is 0.381. The van der Waals surface area contributed by atoms with E-state index >= 15 is 0 Å². The van der Waals surface area contributed by atoms with Gasteiger partial charge in [-0.15, -0.1) is 11.3 Å². The third-order valence-electron chi connectivity index (χ3n) is 2.99. The number of hydrogen-bond acceptors (Lipinski definition) is 2. The number of hydrogen-bond donors (Lipinski definition) is 0. The predicted molar refractivity (Wildman–Crippen MR) is 71.5 cm³/mol. The highest BCUT2D eigenvalue weighted by atomic mass is 32.1. The molecule has 0 amide bonds. The number of thiophene rings is 1. The van der Waals surface area contributed by atoms with E-state index in [1.807, 2.05) is 0 Å². The molecule has 0 unspecified atom stereocenters. The van der Waals surface area contributed by atoms with Gasteiger partial charge in [0.25, 0.3) is 0 Å². The number of fused-ring (bicyclic) bond motifs is 1. The highest BCUT2D eigenvalue weighted by Gasteiger charge is 2.21. The zero-order valence-corrected chi connectivity index (χ0v) is 11.1. The Balaban J connectivity index is 2.10. The molecular formula is C15H6F4OS. The molecule has 1 aromatic heterocycles. The molecule has 0 N–H and O–H groups in total. The molecule has 3 rings (SSSR count). The molecule has 21 heavy (non-hydrogen) atoms. The van der Waals surface area contributed by atoms with Crippen LogP contribution in [0.2, 0.25) is 0 Å². The molecule has 0 saturated carbocycles. The molecule has 0 aliphatic heterocycles. The Labute approximate surface area is 120 Å². The van der Waals surface area contributed by atoms with E-state index in [1.54, 1.807) is 0 Å². The van der Waals surface area contributed by atoms with Crippen LogP contribution in [0.3, 0.4) is 0 Å². The SMILES string of the molecule is O=C(c1cc2ccc(F)cc2s1)c1ccc(F)c(F)c1F. The highest BCUT2D eigenvalue weighted by molar-refractivity contribution is 7.21. The lowest BCUT2D eigenvalue weighted by molar-refractivity contribution is 0.103. The van der Waals surface area contributed by atoms with Crippen molar-refractivity contribution >= 4 is 27.2 Å². The molecule has 1 nitrogen and oxygen atoms in total. The van der Waals surface area contributed by atoms with Crippen LogP contribution in [-0.4, -0.2) is 5.78 Å². The topological polar surface area (TPSA) is 17.1 Å². The zero-order chi connectivity index (χ0) is 15.1. The summed E-state index contributed by atoms with van der Waals surface area (Å²) < 4.78 is 53.3. The lowest BCUT2D eigenvalue weighted by Crippen LogP contribution is -2.05. The Kier molecular flexibility index (Phi) is 3.25. The van der Waals surface area contributed by atoms with Crippen molar-refractivity contribution < 1.29 is 22.4 Å². The molecule has 0 radical (unpaired) electrons. The normalized spacial score (nSPS) is 11.0. The Morgan fingerprint density at radius 1 is 0.905 bits per heavy atom. The van der Waals surface area contributed by atoms with Gasteiger partial charge in [0.1, 0.15) is 5.82 Å².